The molecule has 0 spiro atoms. The van der Waals surface area contributed by atoms with Crippen LogP contribution < -0.4 is 16.1 Å². The van der Waals surface area contributed by atoms with E-state index in [4.69, 9.17) is 10.5 Å². The van der Waals surface area contributed by atoms with Crippen LogP contribution in [0.1, 0.15) is 26.7 Å². The molecule has 1 aromatic rings. The van der Waals surface area contributed by atoms with Gasteiger partial charge in [-0.05, 0) is 13.3 Å². The highest BCUT2D eigenvalue weighted by molar-refractivity contribution is 5.17. The third-order valence-corrected chi connectivity index (χ3v) is 2.13. The maximum Gasteiger partial charge on any atom is 0.322 e. The lowest BCUT2D eigenvalue weighted by atomic mass is 10.3. The summed E-state index contributed by atoms with van der Waals surface area (Å²) in [5.41, 5.74) is 6.40. The Morgan fingerprint density at radius 2 is 2.12 bits per heavy atom. The number of unbranched alkanes of at least 4 members (excludes halogenated alkanes) is 1. The van der Waals surface area contributed by atoms with Crippen LogP contribution in [-0.2, 0) is 6.54 Å². The van der Waals surface area contributed by atoms with Gasteiger partial charge >= 0.3 is 6.01 Å². The molecule has 0 saturated heterocycles. The molecule has 16 heavy (non-hydrogen) atoms. The van der Waals surface area contributed by atoms with E-state index >= 15 is 0 Å². The van der Waals surface area contributed by atoms with Crippen molar-refractivity contribution in [2.24, 2.45) is 4.99 Å². The minimum atomic E-state index is 0.286. The highest BCUT2D eigenvalue weighted by atomic mass is 16.5. The number of aromatic nitrogens is 3. The van der Waals surface area contributed by atoms with Gasteiger partial charge in [-0.2, -0.15) is 9.97 Å². The molecule has 0 unspecified atom stereocenters. The summed E-state index contributed by atoms with van der Waals surface area (Å²) in [5, 5.41) is 0. The van der Waals surface area contributed by atoms with Crippen LogP contribution in [0.2, 0.25) is 0 Å². The number of anilines is 1. The van der Waals surface area contributed by atoms with Crippen LogP contribution >= 0.6 is 0 Å². The van der Waals surface area contributed by atoms with Crippen LogP contribution in [0.5, 0.6) is 6.01 Å². The molecule has 1 aromatic heterocycles. The first-order valence-electron chi connectivity index (χ1n) is 5.52. The van der Waals surface area contributed by atoms with Gasteiger partial charge in [-0.1, -0.05) is 13.3 Å². The zero-order chi connectivity index (χ0) is 12.0. The molecule has 6 nitrogen and oxygen atoms in total. The second-order valence-corrected chi connectivity index (χ2v) is 3.33. The predicted molar refractivity (Wildman–Crippen MR) is 62.0 cm³/mol. The number of hydrogen-bond acceptors (Lipinski definition) is 5. The number of nitrogens with two attached hydrogens (primary N) is 1. The molecule has 0 aliphatic rings. The fourth-order valence-corrected chi connectivity index (χ4v) is 1.33. The van der Waals surface area contributed by atoms with Gasteiger partial charge in [-0.25, -0.2) is 0 Å². The third-order valence-electron chi connectivity index (χ3n) is 2.13. The van der Waals surface area contributed by atoms with Crippen molar-refractivity contribution >= 4 is 5.95 Å². The SMILES string of the molecule is CCCCn1c(N)nc(OCC)nc1=NC. The van der Waals surface area contributed by atoms with Gasteiger partial charge in [-0.15, -0.1) is 0 Å². The molecule has 0 aromatic carbocycles. The average Bonchev–Trinajstić information content (AvgIpc) is 2.27. The highest BCUT2D eigenvalue weighted by Gasteiger charge is 2.05. The van der Waals surface area contributed by atoms with Crippen molar-refractivity contribution in [2.75, 3.05) is 19.4 Å². The molecule has 0 aliphatic carbocycles. The topological polar surface area (TPSA) is 78.3 Å². The first-order valence-corrected chi connectivity index (χ1v) is 5.52. The molecular weight excluding hydrogens is 206 g/mol. The molecule has 90 valence electrons. The zero-order valence-electron chi connectivity index (χ0n) is 10.1. The Morgan fingerprint density at radius 3 is 2.69 bits per heavy atom. The van der Waals surface area contributed by atoms with E-state index in [-0.39, 0.29) is 6.01 Å². The number of nitrogen functional groups attached to an aromatic ring is 1. The Hall–Kier alpha value is -1.59. The molecule has 0 bridgehead atoms. The van der Waals surface area contributed by atoms with Gasteiger partial charge in [0.05, 0.1) is 6.61 Å². The average molecular weight is 225 g/mol. The van der Waals surface area contributed by atoms with Crippen LogP contribution in [0.3, 0.4) is 0 Å². The summed E-state index contributed by atoms with van der Waals surface area (Å²) in [5.74, 6) is 0.396. The van der Waals surface area contributed by atoms with Crippen LogP contribution in [0, 0.1) is 0 Å². The van der Waals surface area contributed by atoms with Crippen LogP contribution in [0.4, 0.5) is 5.95 Å². The van der Waals surface area contributed by atoms with E-state index in [1.54, 1.807) is 11.6 Å². The number of hydrogen-bond donors (Lipinski definition) is 1. The van der Waals surface area contributed by atoms with Gasteiger partial charge in [0.2, 0.25) is 11.6 Å². The minimum Gasteiger partial charge on any atom is -0.464 e. The van der Waals surface area contributed by atoms with Crippen LogP contribution in [0.15, 0.2) is 4.99 Å². The van der Waals surface area contributed by atoms with Crippen molar-refractivity contribution in [3.63, 3.8) is 0 Å². The minimum absolute atomic E-state index is 0.286. The van der Waals surface area contributed by atoms with Gasteiger partial charge in [0.1, 0.15) is 0 Å². The lowest BCUT2D eigenvalue weighted by molar-refractivity contribution is 0.307. The molecule has 1 heterocycles. The Morgan fingerprint density at radius 1 is 1.38 bits per heavy atom. The number of rotatable bonds is 5. The molecule has 6 heteroatoms. The molecule has 0 atom stereocenters. The van der Waals surface area contributed by atoms with E-state index in [1.807, 2.05) is 6.92 Å². The van der Waals surface area contributed by atoms with Crippen molar-refractivity contribution in [1.82, 2.24) is 14.5 Å². The van der Waals surface area contributed by atoms with E-state index in [1.165, 1.54) is 0 Å². The molecule has 0 aliphatic heterocycles. The summed E-state index contributed by atoms with van der Waals surface area (Å²) in [7, 11) is 1.68. The van der Waals surface area contributed by atoms with Crippen molar-refractivity contribution in [2.45, 2.75) is 33.2 Å². The summed E-state index contributed by atoms with van der Waals surface area (Å²) in [6.45, 7) is 5.29. The van der Waals surface area contributed by atoms with Gasteiger partial charge < -0.3 is 10.5 Å². The summed E-state index contributed by atoms with van der Waals surface area (Å²) in [6.07, 6.45) is 2.11. The van der Waals surface area contributed by atoms with Crippen LogP contribution in [-0.4, -0.2) is 28.2 Å². The van der Waals surface area contributed by atoms with E-state index in [9.17, 15) is 0 Å². The first-order chi connectivity index (χ1) is 7.72. The van der Waals surface area contributed by atoms with Crippen molar-refractivity contribution in [3.8, 4) is 6.01 Å². The maximum atomic E-state index is 5.84. The smallest absolute Gasteiger partial charge is 0.322 e. The number of ether oxygens (including phenoxy) is 1. The summed E-state index contributed by atoms with van der Waals surface area (Å²) in [6, 6.07) is 0.286. The largest absolute Gasteiger partial charge is 0.464 e. The van der Waals surface area contributed by atoms with Gasteiger partial charge in [0, 0.05) is 13.6 Å². The standard InChI is InChI=1S/C10H19N5O/c1-4-6-7-15-8(11)13-10(16-5-2)14-9(15)12-3/h4-7H2,1-3H3,(H2,11,12,13,14). The lowest BCUT2D eigenvalue weighted by Gasteiger charge is -2.10. The monoisotopic (exact) mass is 225 g/mol. The normalized spacial score (nSPS) is 11.8. The zero-order valence-corrected chi connectivity index (χ0v) is 10.1. The molecule has 0 fully saturated rings. The Balaban J connectivity index is 3.08. The predicted octanol–water partition coefficient (Wildman–Crippen LogP) is 0.590. The molecule has 2 N–H and O–H groups in total. The Labute approximate surface area is 95.2 Å². The molecule has 0 amide bonds. The van der Waals surface area contributed by atoms with Crippen molar-refractivity contribution < 1.29 is 4.74 Å². The lowest BCUT2D eigenvalue weighted by Crippen LogP contribution is -2.28. The second kappa shape index (κ2) is 6.09. The van der Waals surface area contributed by atoms with E-state index in [0.717, 1.165) is 19.4 Å². The third kappa shape index (κ3) is 2.95. The highest BCUT2D eigenvalue weighted by Crippen LogP contribution is 2.03. The summed E-state index contributed by atoms with van der Waals surface area (Å²) in [4.78, 5) is 12.3. The molecule has 0 saturated carbocycles. The molecule has 0 radical (unpaired) electrons. The van der Waals surface area contributed by atoms with E-state index < -0.39 is 0 Å². The van der Waals surface area contributed by atoms with Gasteiger partial charge in [0.15, 0.2) is 0 Å². The number of nitrogens with zero attached hydrogens (tertiary/aromatic N) is 4. The Bertz CT molecular complexity index is 399. The van der Waals surface area contributed by atoms with Crippen molar-refractivity contribution in [1.29, 1.82) is 0 Å². The second-order valence-electron chi connectivity index (χ2n) is 3.33. The maximum absolute atomic E-state index is 5.84. The first kappa shape index (κ1) is 12.5. The fraction of sp³-hybridized carbons (Fsp3) is 0.700. The van der Waals surface area contributed by atoms with E-state index in [2.05, 4.69) is 21.9 Å². The van der Waals surface area contributed by atoms with Crippen LogP contribution in [0.25, 0.3) is 0 Å². The fourth-order valence-electron chi connectivity index (χ4n) is 1.33. The van der Waals surface area contributed by atoms with E-state index in [0.29, 0.717) is 18.2 Å². The summed E-state index contributed by atoms with van der Waals surface area (Å²) < 4.78 is 7.01. The van der Waals surface area contributed by atoms with Gasteiger partial charge in [0.25, 0.3) is 0 Å². The molecular formula is C10H19N5O. The summed E-state index contributed by atoms with van der Waals surface area (Å²) >= 11 is 0. The van der Waals surface area contributed by atoms with Crippen molar-refractivity contribution in [3.05, 3.63) is 5.62 Å². The Kier molecular flexibility index (Phi) is 4.75. The quantitative estimate of drug-likeness (QED) is 0.795. The van der Waals surface area contributed by atoms with Gasteiger partial charge in [-0.3, -0.25) is 9.56 Å². The molecule has 1 rings (SSSR count).